The number of halogens is 1. The first-order chi connectivity index (χ1) is 10.1. The smallest absolute Gasteiger partial charge is 0.315 e. The Morgan fingerprint density at radius 1 is 1.19 bits per heavy atom. The van der Waals surface area contributed by atoms with Gasteiger partial charge in [0.05, 0.1) is 18.2 Å². The predicted octanol–water partition coefficient (Wildman–Crippen LogP) is 2.42. The standard InChI is InChI=1S/C16H21FN2O2/c17-11-7-5-10-6-8-13(12(10)9-11)18-16(21)19-14-3-1-2-4-15(14)20/h5,7,9,13-15,20H,1-4,6,8H2,(H2,18,19,21). The second-order valence-corrected chi connectivity index (χ2v) is 6.01. The summed E-state index contributed by atoms with van der Waals surface area (Å²) in [5.74, 6) is -0.273. The number of amides is 2. The van der Waals surface area contributed by atoms with Gasteiger partial charge in [-0.2, -0.15) is 0 Å². The summed E-state index contributed by atoms with van der Waals surface area (Å²) >= 11 is 0. The van der Waals surface area contributed by atoms with Gasteiger partial charge in [-0.25, -0.2) is 9.18 Å². The molecule has 2 aliphatic carbocycles. The van der Waals surface area contributed by atoms with Crippen molar-refractivity contribution in [3.8, 4) is 0 Å². The highest BCUT2D eigenvalue weighted by Crippen LogP contribution is 2.31. The maximum Gasteiger partial charge on any atom is 0.315 e. The number of urea groups is 1. The SMILES string of the molecule is O=C(NC1CCc2ccc(F)cc21)NC1CCCCC1O. The number of benzene rings is 1. The number of hydrogen-bond donors (Lipinski definition) is 3. The van der Waals surface area contributed by atoms with Crippen molar-refractivity contribution in [3.63, 3.8) is 0 Å². The summed E-state index contributed by atoms with van der Waals surface area (Å²) in [5, 5.41) is 15.6. The molecule has 0 spiro atoms. The van der Waals surface area contributed by atoms with E-state index in [1.807, 2.05) is 0 Å². The quantitative estimate of drug-likeness (QED) is 0.784. The minimum atomic E-state index is -0.460. The zero-order valence-corrected chi connectivity index (χ0v) is 11.9. The summed E-state index contributed by atoms with van der Waals surface area (Å²) in [7, 11) is 0. The molecule has 0 aliphatic heterocycles. The van der Waals surface area contributed by atoms with Crippen LogP contribution in [0.5, 0.6) is 0 Å². The Balaban J connectivity index is 1.60. The fraction of sp³-hybridized carbons (Fsp3) is 0.562. The number of carbonyl (C=O) groups is 1. The van der Waals surface area contributed by atoms with Crippen LogP contribution in [0, 0.1) is 5.82 Å². The molecule has 1 fully saturated rings. The normalized spacial score (nSPS) is 28.0. The second kappa shape index (κ2) is 6.02. The van der Waals surface area contributed by atoms with Crippen LogP contribution in [0.25, 0.3) is 0 Å². The molecule has 4 nitrogen and oxygen atoms in total. The zero-order chi connectivity index (χ0) is 14.8. The van der Waals surface area contributed by atoms with Crippen molar-refractivity contribution in [2.75, 3.05) is 0 Å². The molecule has 2 amide bonds. The highest BCUT2D eigenvalue weighted by Gasteiger charge is 2.28. The lowest BCUT2D eigenvalue weighted by Gasteiger charge is -2.29. The van der Waals surface area contributed by atoms with Crippen LogP contribution in [0.1, 0.15) is 49.3 Å². The van der Waals surface area contributed by atoms with Crippen molar-refractivity contribution in [2.45, 2.75) is 56.7 Å². The van der Waals surface area contributed by atoms with Gasteiger partial charge >= 0.3 is 6.03 Å². The Bertz CT molecular complexity index is 535. The van der Waals surface area contributed by atoms with Gasteiger partial charge in [-0.3, -0.25) is 0 Å². The summed E-state index contributed by atoms with van der Waals surface area (Å²) in [6.07, 6.45) is 4.77. The minimum absolute atomic E-state index is 0.142. The topological polar surface area (TPSA) is 61.4 Å². The van der Waals surface area contributed by atoms with Crippen LogP contribution in [-0.4, -0.2) is 23.3 Å². The van der Waals surface area contributed by atoms with Gasteiger partial charge < -0.3 is 15.7 Å². The Kier molecular flexibility index (Phi) is 4.10. The first-order valence-corrected chi connectivity index (χ1v) is 7.67. The highest BCUT2D eigenvalue weighted by atomic mass is 19.1. The molecular formula is C16H21FN2O2. The van der Waals surface area contributed by atoms with Gasteiger partial charge in [-0.05, 0) is 48.9 Å². The van der Waals surface area contributed by atoms with Crippen molar-refractivity contribution in [2.24, 2.45) is 0 Å². The third-order valence-electron chi connectivity index (χ3n) is 4.54. The van der Waals surface area contributed by atoms with E-state index < -0.39 is 6.10 Å². The van der Waals surface area contributed by atoms with E-state index in [-0.39, 0.29) is 23.9 Å². The fourth-order valence-corrected chi connectivity index (χ4v) is 3.37. The molecule has 3 rings (SSSR count). The number of rotatable bonds is 2. The van der Waals surface area contributed by atoms with Crippen molar-refractivity contribution >= 4 is 6.03 Å². The molecule has 2 aliphatic rings. The molecule has 1 aromatic rings. The second-order valence-electron chi connectivity index (χ2n) is 6.01. The first-order valence-electron chi connectivity index (χ1n) is 7.67. The molecule has 1 aromatic carbocycles. The monoisotopic (exact) mass is 292 g/mol. The predicted molar refractivity (Wildman–Crippen MR) is 77.4 cm³/mol. The summed E-state index contributed by atoms with van der Waals surface area (Å²) < 4.78 is 13.3. The van der Waals surface area contributed by atoms with Crippen molar-refractivity contribution in [1.29, 1.82) is 0 Å². The zero-order valence-electron chi connectivity index (χ0n) is 11.9. The highest BCUT2D eigenvalue weighted by molar-refractivity contribution is 5.75. The van der Waals surface area contributed by atoms with Crippen LogP contribution >= 0.6 is 0 Å². The van der Waals surface area contributed by atoms with E-state index in [4.69, 9.17) is 0 Å². The van der Waals surface area contributed by atoms with E-state index in [2.05, 4.69) is 10.6 Å². The van der Waals surface area contributed by atoms with Crippen LogP contribution in [0.2, 0.25) is 0 Å². The number of carbonyl (C=O) groups excluding carboxylic acids is 1. The molecule has 0 radical (unpaired) electrons. The molecule has 21 heavy (non-hydrogen) atoms. The molecule has 114 valence electrons. The lowest BCUT2D eigenvalue weighted by Crippen LogP contribution is -2.49. The molecule has 3 unspecified atom stereocenters. The van der Waals surface area contributed by atoms with Gasteiger partial charge in [0.15, 0.2) is 0 Å². The molecule has 0 heterocycles. The molecule has 3 atom stereocenters. The fourth-order valence-electron chi connectivity index (χ4n) is 3.37. The van der Waals surface area contributed by atoms with E-state index in [0.29, 0.717) is 0 Å². The Hall–Kier alpha value is -1.62. The number of aliphatic hydroxyl groups is 1. The molecular weight excluding hydrogens is 271 g/mol. The van der Waals surface area contributed by atoms with Crippen LogP contribution in [0.3, 0.4) is 0 Å². The van der Waals surface area contributed by atoms with E-state index in [0.717, 1.165) is 49.7 Å². The van der Waals surface area contributed by atoms with Gasteiger partial charge in [-0.1, -0.05) is 18.9 Å². The van der Waals surface area contributed by atoms with Gasteiger partial charge in [0, 0.05) is 0 Å². The van der Waals surface area contributed by atoms with E-state index >= 15 is 0 Å². The summed E-state index contributed by atoms with van der Waals surface area (Å²) in [6.45, 7) is 0. The molecule has 0 aromatic heterocycles. The van der Waals surface area contributed by atoms with Crippen LogP contribution in [0.4, 0.5) is 9.18 Å². The van der Waals surface area contributed by atoms with Gasteiger partial charge in [0.25, 0.3) is 0 Å². The van der Waals surface area contributed by atoms with E-state index in [9.17, 15) is 14.3 Å². The Labute approximate surface area is 123 Å². The van der Waals surface area contributed by atoms with E-state index in [1.165, 1.54) is 12.1 Å². The minimum Gasteiger partial charge on any atom is -0.391 e. The lowest BCUT2D eigenvalue weighted by molar-refractivity contribution is 0.0940. The number of aryl methyl sites for hydroxylation is 1. The summed E-state index contributed by atoms with van der Waals surface area (Å²) in [5.41, 5.74) is 1.97. The van der Waals surface area contributed by atoms with Gasteiger partial charge in [-0.15, -0.1) is 0 Å². The Morgan fingerprint density at radius 2 is 2.00 bits per heavy atom. The van der Waals surface area contributed by atoms with Crippen molar-refractivity contribution in [3.05, 3.63) is 35.1 Å². The first kappa shape index (κ1) is 14.3. The van der Waals surface area contributed by atoms with Crippen molar-refractivity contribution < 1.29 is 14.3 Å². The van der Waals surface area contributed by atoms with Gasteiger partial charge in [0.1, 0.15) is 5.82 Å². The maximum atomic E-state index is 13.3. The third-order valence-corrected chi connectivity index (χ3v) is 4.54. The van der Waals surface area contributed by atoms with Crippen molar-refractivity contribution in [1.82, 2.24) is 10.6 Å². The number of aliphatic hydroxyl groups excluding tert-OH is 1. The third kappa shape index (κ3) is 3.18. The molecule has 1 saturated carbocycles. The van der Waals surface area contributed by atoms with E-state index in [1.54, 1.807) is 6.07 Å². The Morgan fingerprint density at radius 3 is 2.81 bits per heavy atom. The van der Waals surface area contributed by atoms with Gasteiger partial charge in [0.2, 0.25) is 0 Å². The molecule has 0 bridgehead atoms. The molecule has 3 N–H and O–H groups in total. The molecule has 5 heteroatoms. The van der Waals surface area contributed by atoms with Crippen LogP contribution in [0.15, 0.2) is 18.2 Å². The lowest BCUT2D eigenvalue weighted by atomic mass is 9.93. The summed E-state index contributed by atoms with van der Waals surface area (Å²) in [4.78, 5) is 12.1. The number of nitrogens with one attached hydrogen (secondary N) is 2. The molecule has 0 saturated heterocycles. The number of fused-ring (bicyclic) bond motifs is 1. The average Bonchev–Trinajstić information content (AvgIpc) is 2.84. The number of hydrogen-bond acceptors (Lipinski definition) is 2. The summed E-state index contributed by atoms with van der Waals surface area (Å²) in [6, 6.07) is 4.16. The average molecular weight is 292 g/mol. The largest absolute Gasteiger partial charge is 0.391 e. The maximum absolute atomic E-state index is 13.3. The van der Waals surface area contributed by atoms with Crippen LogP contribution < -0.4 is 10.6 Å². The van der Waals surface area contributed by atoms with Crippen LogP contribution in [-0.2, 0) is 6.42 Å².